The fourth-order valence-corrected chi connectivity index (χ4v) is 2.46. The van der Waals surface area contributed by atoms with E-state index in [1.807, 2.05) is 6.07 Å². The summed E-state index contributed by atoms with van der Waals surface area (Å²) in [7, 11) is 1.61. The summed E-state index contributed by atoms with van der Waals surface area (Å²) in [6, 6.07) is 12.5. The number of ether oxygens (including phenoxy) is 2. The molecular formula is C18H20BrNO3. The Kier molecular flexibility index (Phi) is 6.47. The standard InChI is InChI=1S/C18H20BrNO3/c1-3-4-11-23-17-10-5-13(12-16(17)19)18(21)20-14-6-8-15(22-2)9-7-14/h5-10,12H,3-4,11H2,1-2H3,(H,20,21). The molecule has 0 aliphatic heterocycles. The number of methoxy groups -OCH3 is 1. The van der Waals surface area contributed by atoms with Gasteiger partial charge in [-0.15, -0.1) is 0 Å². The summed E-state index contributed by atoms with van der Waals surface area (Å²) < 4.78 is 11.5. The van der Waals surface area contributed by atoms with Crippen LogP contribution in [0.1, 0.15) is 30.1 Å². The van der Waals surface area contributed by atoms with Gasteiger partial charge in [0.15, 0.2) is 0 Å². The number of rotatable bonds is 7. The van der Waals surface area contributed by atoms with Gasteiger partial charge in [0.2, 0.25) is 0 Å². The smallest absolute Gasteiger partial charge is 0.255 e. The lowest BCUT2D eigenvalue weighted by molar-refractivity contribution is 0.102. The van der Waals surface area contributed by atoms with Crippen molar-refractivity contribution >= 4 is 27.5 Å². The molecule has 1 amide bonds. The van der Waals surface area contributed by atoms with Crippen LogP contribution >= 0.6 is 15.9 Å². The predicted octanol–water partition coefficient (Wildman–Crippen LogP) is 4.89. The fraction of sp³-hybridized carbons (Fsp3) is 0.278. The molecule has 0 aliphatic rings. The quantitative estimate of drug-likeness (QED) is 0.698. The second-order valence-corrected chi connectivity index (χ2v) is 5.88. The van der Waals surface area contributed by atoms with Crippen molar-refractivity contribution in [3.8, 4) is 11.5 Å². The maximum absolute atomic E-state index is 12.3. The summed E-state index contributed by atoms with van der Waals surface area (Å²) in [5.41, 5.74) is 1.28. The van der Waals surface area contributed by atoms with Crippen LogP contribution in [0.15, 0.2) is 46.9 Å². The average Bonchev–Trinajstić information content (AvgIpc) is 2.57. The van der Waals surface area contributed by atoms with Gasteiger partial charge >= 0.3 is 0 Å². The Balaban J connectivity index is 2.02. The first-order valence-corrected chi connectivity index (χ1v) is 8.31. The third kappa shape index (κ3) is 4.99. The molecule has 4 nitrogen and oxygen atoms in total. The number of benzene rings is 2. The Labute approximate surface area is 144 Å². The number of amides is 1. The van der Waals surface area contributed by atoms with Gasteiger partial charge in [0, 0.05) is 11.3 Å². The molecule has 2 aromatic carbocycles. The monoisotopic (exact) mass is 377 g/mol. The Morgan fingerprint density at radius 1 is 1.17 bits per heavy atom. The van der Waals surface area contributed by atoms with E-state index in [0.717, 1.165) is 34.5 Å². The Hall–Kier alpha value is -2.01. The molecule has 0 heterocycles. The SMILES string of the molecule is CCCCOc1ccc(C(=O)Nc2ccc(OC)cc2)cc1Br. The molecular weight excluding hydrogens is 358 g/mol. The first-order valence-electron chi connectivity index (χ1n) is 7.51. The number of carbonyl (C=O) groups excluding carboxylic acids is 1. The number of carbonyl (C=O) groups is 1. The fourth-order valence-electron chi connectivity index (χ4n) is 1.96. The summed E-state index contributed by atoms with van der Waals surface area (Å²) in [4.78, 5) is 12.3. The zero-order chi connectivity index (χ0) is 16.7. The molecule has 1 N–H and O–H groups in total. The normalized spacial score (nSPS) is 10.2. The van der Waals surface area contributed by atoms with Crippen LogP contribution in [0.25, 0.3) is 0 Å². The molecule has 5 heteroatoms. The summed E-state index contributed by atoms with van der Waals surface area (Å²) in [6.07, 6.45) is 2.09. The van der Waals surface area contributed by atoms with Crippen LogP contribution in [0.4, 0.5) is 5.69 Å². The lowest BCUT2D eigenvalue weighted by Crippen LogP contribution is -2.12. The van der Waals surface area contributed by atoms with E-state index in [-0.39, 0.29) is 5.91 Å². The minimum atomic E-state index is -0.170. The molecule has 2 rings (SSSR count). The largest absolute Gasteiger partial charge is 0.497 e. The third-order valence-electron chi connectivity index (χ3n) is 3.30. The zero-order valence-electron chi connectivity index (χ0n) is 13.3. The van der Waals surface area contributed by atoms with Crippen molar-refractivity contribution in [3.05, 3.63) is 52.5 Å². The maximum atomic E-state index is 12.3. The van der Waals surface area contributed by atoms with Crippen molar-refractivity contribution < 1.29 is 14.3 Å². The van der Waals surface area contributed by atoms with Crippen LogP contribution < -0.4 is 14.8 Å². The highest BCUT2D eigenvalue weighted by Gasteiger charge is 2.10. The molecule has 0 spiro atoms. The van der Waals surface area contributed by atoms with Crippen LogP contribution in [0.5, 0.6) is 11.5 Å². The first-order chi connectivity index (χ1) is 11.1. The van der Waals surface area contributed by atoms with Crippen molar-refractivity contribution in [2.75, 3.05) is 19.0 Å². The molecule has 0 fully saturated rings. The molecule has 0 atom stereocenters. The van der Waals surface area contributed by atoms with Gasteiger partial charge < -0.3 is 14.8 Å². The number of hydrogen-bond donors (Lipinski definition) is 1. The predicted molar refractivity (Wildman–Crippen MR) is 95.5 cm³/mol. The average molecular weight is 378 g/mol. The van der Waals surface area contributed by atoms with Gasteiger partial charge in [0.1, 0.15) is 11.5 Å². The Morgan fingerprint density at radius 3 is 2.52 bits per heavy atom. The number of anilines is 1. The van der Waals surface area contributed by atoms with Crippen molar-refractivity contribution in [2.24, 2.45) is 0 Å². The second kappa shape index (κ2) is 8.58. The minimum absolute atomic E-state index is 0.170. The van der Waals surface area contributed by atoms with Gasteiger partial charge in [-0.05, 0) is 64.8 Å². The van der Waals surface area contributed by atoms with E-state index in [9.17, 15) is 4.79 Å². The summed E-state index contributed by atoms with van der Waals surface area (Å²) in [6.45, 7) is 2.79. The summed E-state index contributed by atoms with van der Waals surface area (Å²) in [5, 5.41) is 2.85. The molecule has 0 saturated carbocycles. The van der Waals surface area contributed by atoms with Crippen LogP contribution in [0, 0.1) is 0 Å². The summed E-state index contributed by atoms with van der Waals surface area (Å²) in [5.74, 6) is 1.33. The molecule has 122 valence electrons. The Morgan fingerprint density at radius 2 is 1.91 bits per heavy atom. The maximum Gasteiger partial charge on any atom is 0.255 e. The van der Waals surface area contributed by atoms with Gasteiger partial charge in [-0.25, -0.2) is 0 Å². The lowest BCUT2D eigenvalue weighted by Gasteiger charge is -2.10. The molecule has 0 unspecified atom stereocenters. The van der Waals surface area contributed by atoms with E-state index in [1.165, 1.54) is 0 Å². The molecule has 0 radical (unpaired) electrons. The lowest BCUT2D eigenvalue weighted by atomic mass is 10.2. The van der Waals surface area contributed by atoms with Crippen molar-refractivity contribution in [1.82, 2.24) is 0 Å². The minimum Gasteiger partial charge on any atom is -0.497 e. The van der Waals surface area contributed by atoms with Crippen molar-refractivity contribution in [1.29, 1.82) is 0 Å². The van der Waals surface area contributed by atoms with E-state index in [4.69, 9.17) is 9.47 Å². The highest BCUT2D eigenvalue weighted by molar-refractivity contribution is 9.10. The summed E-state index contributed by atoms with van der Waals surface area (Å²) >= 11 is 3.45. The molecule has 0 saturated heterocycles. The molecule has 2 aromatic rings. The first kappa shape index (κ1) is 17.3. The van der Waals surface area contributed by atoms with Gasteiger partial charge in [-0.1, -0.05) is 13.3 Å². The van der Waals surface area contributed by atoms with Gasteiger partial charge in [-0.2, -0.15) is 0 Å². The van der Waals surface area contributed by atoms with Gasteiger partial charge in [0.05, 0.1) is 18.2 Å². The highest BCUT2D eigenvalue weighted by atomic mass is 79.9. The van der Waals surface area contributed by atoms with Crippen molar-refractivity contribution in [2.45, 2.75) is 19.8 Å². The van der Waals surface area contributed by atoms with E-state index < -0.39 is 0 Å². The van der Waals surface area contributed by atoms with E-state index in [2.05, 4.69) is 28.2 Å². The number of nitrogens with one attached hydrogen (secondary N) is 1. The Bertz CT molecular complexity index is 656. The molecule has 0 bridgehead atoms. The van der Waals surface area contributed by atoms with E-state index in [1.54, 1.807) is 43.5 Å². The van der Waals surface area contributed by atoms with Crippen molar-refractivity contribution in [3.63, 3.8) is 0 Å². The second-order valence-electron chi connectivity index (χ2n) is 5.03. The number of hydrogen-bond acceptors (Lipinski definition) is 3. The van der Waals surface area contributed by atoms with Crippen LogP contribution in [0.3, 0.4) is 0 Å². The van der Waals surface area contributed by atoms with E-state index in [0.29, 0.717) is 12.2 Å². The van der Waals surface area contributed by atoms with Gasteiger partial charge in [0.25, 0.3) is 5.91 Å². The zero-order valence-corrected chi connectivity index (χ0v) is 14.9. The number of unbranched alkanes of at least 4 members (excludes halogenated alkanes) is 1. The molecule has 0 aromatic heterocycles. The van der Waals surface area contributed by atoms with Crippen LogP contribution in [-0.2, 0) is 0 Å². The van der Waals surface area contributed by atoms with E-state index >= 15 is 0 Å². The topological polar surface area (TPSA) is 47.6 Å². The van der Waals surface area contributed by atoms with Crippen LogP contribution in [-0.4, -0.2) is 19.6 Å². The highest BCUT2D eigenvalue weighted by Crippen LogP contribution is 2.27. The molecule has 0 aliphatic carbocycles. The van der Waals surface area contributed by atoms with Crippen LogP contribution in [0.2, 0.25) is 0 Å². The van der Waals surface area contributed by atoms with Gasteiger partial charge in [-0.3, -0.25) is 4.79 Å². The number of halogens is 1. The molecule has 23 heavy (non-hydrogen) atoms. The third-order valence-corrected chi connectivity index (χ3v) is 3.92.